The monoisotopic (exact) mass is 293 g/mol. The summed E-state index contributed by atoms with van der Waals surface area (Å²) in [6.45, 7) is 3.70. The molecular formula is C17H19N5. The number of nitrogens with zero attached hydrogens (tertiary/aromatic N) is 5. The van der Waals surface area contributed by atoms with Crippen molar-refractivity contribution in [1.29, 1.82) is 0 Å². The summed E-state index contributed by atoms with van der Waals surface area (Å²) in [6.07, 6.45) is 9.00. The minimum Gasteiger partial charge on any atom is -0.296 e. The van der Waals surface area contributed by atoms with E-state index in [-0.39, 0.29) is 0 Å². The lowest BCUT2D eigenvalue weighted by Crippen LogP contribution is -2.19. The van der Waals surface area contributed by atoms with E-state index in [1.807, 2.05) is 16.9 Å². The van der Waals surface area contributed by atoms with E-state index in [4.69, 9.17) is 0 Å². The van der Waals surface area contributed by atoms with Crippen molar-refractivity contribution < 1.29 is 0 Å². The van der Waals surface area contributed by atoms with Gasteiger partial charge in [-0.1, -0.05) is 17.7 Å². The molecule has 0 bridgehead atoms. The van der Waals surface area contributed by atoms with Gasteiger partial charge in [0.1, 0.15) is 0 Å². The number of aromatic nitrogens is 4. The van der Waals surface area contributed by atoms with Crippen LogP contribution in [0.3, 0.4) is 0 Å². The molecule has 5 nitrogen and oxygen atoms in total. The third kappa shape index (κ3) is 3.38. The van der Waals surface area contributed by atoms with Gasteiger partial charge in [-0.25, -0.2) is 4.68 Å². The Morgan fingerprint density at radius 3 is 2.77 bits per heavy atom. The molecule has 0 fully saturated rings. The van der Waals surface area contributed by atoms with E-state index in [1.165, 1.54) is 11.1 Å². The van der Waals surface area contributed by atoms with Crippen LogP contribution in [0.4, 0.5) is 0 Å². The highest BCUT2D eigenvalue weighted by Crippen LogP contribution is 2.18. The van der Waals surface area contributed by atoms with Crippen molar-refractivity contribution in [2.24, 2.45) is 0 Å². The largest absolute Gasteiger partial charge is 0.296 e. The van der Waals surface area contributed by atoms with Gasteiger partial charge >= 0.3 is 0 Å². The zero-order valence-electron chi connectivity index (χ0n) is 12.8. The lowest BCUT2D eigenvalue weighted by Gasteiger charge is -2.19. The van der Waals surface area contributed by atoms with Crippen molar-refractivity contribution in [3.63, 3.8) is 0 Å². The van der Waals surface area contributed by atoms with Gasteiger partial charge in [-0.15, -0.1) is 0 Å². The first kappa shape index (κ1) is 14.4. The van der Waals surface area contributed by atoms with Gasteiger partial charge < -0.3 is 0 Å². The van der Waals surface area contributed by atoms with Crippen LogP contribution in [0, 0.1) is 6.92 Å². The number of rotatable bonds is 5. The molecule has 5 heteroatoms. The summed E-state index contributed by atoms with van der Waals surface area (Å²) in [5, 5.41) is 4.34. The van der Waals surface area contributed by atoms with Gasteiger partial charge in [-0.05, 0) is 31.7 Å². The van der Waals surface area contributed by atoms with E-state index in [1.54, 1.807) is 24.8 Å². The second kappa shape index (κ2) is 6.49. The molecule has 3 rings (SSSR count). The molecule has 0 aliphatic carbocycles. The molecule has 0 radical (unpaired) electrons. The quantitative estimate of drug-likeness (QED) is 0.725. The molecule has 0 aliphatic heterocycles. The number of hydrogen-bond acceptors (Lipinski definition) is 4. The van der Waals surface area contributed by atoms with E-state index in [9.17, 15) is 0 Å². The van der Waals surface area contributed by atoms with Crippen LogP contribution >= 0.6 is 0 Å². The van der Waals surface area contributed by atoms with Crippen LogP contribution in [0.25, 0.3) is 5.69 Å². The van der Waals surface area contributed by atoms with Crippen LogP contribution in [-0.2, 0) is 13.1 Å². The fraction of sp³-hybridized carbons (Fsp3) is 0.235. The zero-order valence-corrected chi connectivity index (χ0v) is 12.8. The first-order chi connectivity index (χ1) is 10.7. The molecule has 0 spiro atoms. The molecule has 0 amide bonds. The summed E-state index contributed by atoms with van der Waals surface area (Å²) in [5.41, 5.74) is 4.58. The van der Waals surface area contributed by atoms with Crippen molar-refractivity contribution in [2.45, 2.75) is 20.0 Å². The molecule has 22 heavy (non-hydrogen) atoms. The first-order valence-corrected chi connectivity index (χ1v) is 7.25. The van der Waals surface area contributed by atoms with Gasteiger partial charge in [-0.2, -0.15) is 5.10 Å². The topological polar surface area (TPSA) is 46.8 Å². The summed E-state index contributed by atoms with van der Waals surface area (Å²) >= 11 is 0. The van der Waals surface area contributed by atoms with Crippen LogP contribution in [0.2, 0.25) is 0 Å². The molecule has 1 aromatic carbocycles. The summed E-state index contributed by atoms with van der Waals surface area (Å²) < 4.78 is 1.91. The third-order valence-electron chi connectivity index (χ3n) is 3.48. The summed E-state index contributed by atoms with van der Waals surface area (Å²) in [6, 6.07) is 8.38. The fourth-order valence-corrected chi connectivity index (χ4v) is 2.51. The molecule has 3 aromatic rings. The molecule has 0 saturated heterocycles. The smallest absolute Gasteiger partial charge is 0.0726 e. The Bertz CT molecular complexity index is 722. The van der Waals surface area contributed by atoms with Gasteiger partial charge in [0.25, 0.3) is 0 Å². The normalized spacial score (nSPS) is 11.0. The van der Waals surface area contributed by atoms with Crippen LogP contribution < -0.4 is 0 Å². The Labute approximate surface area is 130 Å². The molecule has 0 saturated carbocycles. The van der Waals surface area contributed by atoms with Crippen molar-refractivity contribution in [3.8, 4) is 5.69 Å². The second-order valence-electron chi connectivity index (χ2n) is 5.45. The van der Waals surface area contributed by atoms with Crippen molar-refractivity contribution in [3.05, 3.63) is 72.1 Å². The Morgan fingerprint density at radius 1 is 1.14 bits per heavy atom. The highest BCUT2D eigenvalue weighted by molar-refractivity contribution is 5.42. The maximum atomic E-state index is 4.34. The number of hydrogen-bond donors (Lipinski definition) is 0. The maximum absolute atomic E-state index is 4.34. The highest BCUT2D eigenvalue weighted by atomic mass is 15.3. The summed E-state index contributed by atoms with van der Waals surface area (Å²) in [7, 11) is 2.09. The Morgan fingerprint density at radius 2 is 2.05 bits per heavy atom. The van der Waals surface area contributed by atoms with Gasteiger partial charge in [-0.3, -0.25) is 14.9 Å². The minimum absolute atomic E-state index is 0.764. The van der Waals surface area contributed by atoms with E-state index >= 15 is 0 Å². The first-order valence-electron chi connectivity index (χ1n) is 7.25. The SMILES string of the molecule is Cc1ccc(-n2cccn2)c(CN(C)Cc2cnccn2)c1. The van der Waals surface area contributed by atoms with Crippen molar-refractivity contribution >= 4 is 0 Å². The molecule has 0 unspecified atom stereocenters. The predicted molar refractivity (Wildman–Crippen MR) is 85.5 cm³/mol. The second-order valence-corrected chi connectivity index (χ2v) is 5.45. The molecule has 0 N–H and O–H groups in total. The zero-order chi connectivity index (χ0) is 15.4. The minimum atomic E-state index is 0.764. The highest BCUT2D eigenvalue weighted by Gasteiger charge is 2.09. The fourth-order valence-electron chi connectivity index (χ4n) is 2.51. The number of aryl methyl sites for hydroxylation is 1. The van der Waals surface area contributed by atoms with E-state index in [0.29, 0.717) is 0 Å². The molecular weight excluding hydrogens is 274 g/mol. The lowest BCUT2D eigenvalue weighted by atomic mass is 10.1. The standard InChI is InChI=1S/C17H19N5/c1-14-4-5-17(22-9-3-6-20-22)15(10-14)12-21(2)13-16-11-18-7-8-19-16/h3-11H,12-13H2,1-2H3. The van der Waals surface area contributed by atoms with Crippen LogP contribution in [0.5, 0.6) is 0 Å². The number of benzene rings is 1. The van der Waals surface area contributed by atoms with Crippen LogP contribution in [-0.4, -0.2) is 31.7 Å². The Hall–Kier alpha value is -2.53. The van der Waals surface area contributed by atoms with E-state index < -0.39 is 0 Å². The van der Waals surface area contributed by atoms with Gasteiger partial charge in [0.05, 0.1) is 11.4 Å². The van der Waals surface area contributed by atoms with Gasteiger partial charge in [0.15, 0.2) is 0 Å². The molecule has 0 atom stereocenters. The van der Waals surface area contributed by atoms with Crippen molar-refractivity contribution in [2.75, 3.05) is 7.05 Å². The predicted octanol–water partition coefficient (Wildman–Crippen LogP) is 2.60. The average molecular weight is 293 g/mol. The molecule has 2 aromatic heterocycles. The van der Waals surface area contributed by atoms with Gasteiger partial charge in [0.2, 0.25) is 0 Å². The maximum Gasteiger partial charge on any atom is 0.0726 e. The summed E-state index contributed by atoms with van der Waals surface area (Å²) in [5.74, 6) is 0. The lowest BCUT2D eigenvalue weighted by molar-refractivity contribution is 0.314. The molecule has 2 heterocycles. The van der Waals surface area contributed by atoms with E-state index in [2.05, 4.69) is 52.1 Å². The molecule has 0 aliphatic rings. The Balaban J connectivity index is 1.81. The molecule has 112 valence electrons. The Kier molecular flexibility index (Phi) is 4.25. The van der Waals surface area contributed by atoms with Crippen LogP contribution in [0.15, 0.2) is 55.2 Å². The summed E-state index contributed by atoms with van der Waals surface area (Å²) in [4.78, 5) is 10.7. The van der Waals surface area contributed by atoms with Crippen molar-refractivity contribution in [1.82, 2.24) is 24.6 Å². The third-order valence-corrected chi connectivity index (χ3v) is 3.48. The van der Waals surface area contributed by atoms with E-state index in [0.717, 1.165) is 24.5 Å². The van der Waals surface area contributed by atoms with Crippen LogP contribution in [0.1, 0.15) is 16.8 Å². The average Bonchev–Trinajstić information content (AvgIpc) is 3.02. The van der Waals surface area contributed by atoms with Gasteiger partial charge in [0, 0.05) is 44.1 Å².